The molecule has 0 atom stereocenters. The van der Waals surface area contributed by atoms with Gasteiger partial charge in [0, 0.05) is 25.4 Å². The zero-order chi connectivity index (χ0) is 13.5. The molecule has 0 radical (unpaired) electrons. The molecule has 0 aliphatic heterocycles. The first kappa shape index (κ1) is 13.8. The number of pyridine rings is 1. The van der Waals surface area contributed by atoms with E-state index in [-0.39, 0.29) is 5.41 Å². The molecule has 0 saturated carbocycles. The van der Waals surface area contributed by atoms with E-state index in [1.165, 1.54) is 0 Å². The van der Waals surface area contributed by atoms with Gasteiger partial charge in [-0.25, -0.2) is 0 Å². The Morgan fingerprint density at radius 2 is 1.83 bits per heavy atom. The van der Waals surface area contributed by atoms with E-state index in [0.29, 0.717) is 0 Å². The molecule has 0 unspecified atom stereocenters. The number of rotatable bonds is 1. The van der Waals surface area contributed by atoms with E-state index >= 15 is 0 Å². The fraction of sp³-hybridized carbons (Fsp3) is 0.308. The number of hydrogen-bond acceptors (Lipinski definition) is 3. The first-order valence-corrected chi connectivity index (χ1v) is 7.18. The molecule has 5 heteroatoms. The lowest BCUT2D eigenvalue weighted by atomic mass is 9.91. The number of hydrogen-bond donors (Lipinski definition) is 2. The van der Waals surface area contributed by atoms with Gasteiger partial charge in [0.2, 0.25) is 0 Å². The van der Waals surface area contributed by atoms with Gasteiger partial charge in [0.25, 0.3) is 0 Å². The monoisotopic (exact) mass is 371 g/mol. The molecule has 1 aromatic carbocycles. The molecule has 2 aromatic rings. The van der Waals surface area contributed by atoms with Crippen molar-refractivity contribution in [3.05, 3.63) is 32.8 Å². The van der Waals surface area contributed by atoms with Crippen molar-refractivity contribution in [1.82, 2.24) is 4.98 Å². The molecular weight excluding hydrogens is 358 g/mol. The number of nitrogens with zero attached hydrogens (tertiary/aromatic N) is 1. The molecule has 2 rings (SSSR count). The second-order valence-corrected chi connectivity index (χ2v) is 7.00. The largest absolute Gasteiger partial charge is 0.323 e. The average molecular weight is 373 g/mol. The highest BCUT2D eigenvalue weighted by molar-refractivity contribution is 9.11. The van der Waals surface area contributed by atoms with E-state index in [4.69, 9.17) is 10.8 Å². The minimum Gasteiger partial charge on any atom is -0.323 e. The van der Waals surface area contributed by atoms with Gasteiger partial charge in [-0.15, -0.1) is 0 Å². The normalized spacial score (nSPS) is 11.9. The molecule has 18 heavy (non-hydrogen) atoms. The predicted molar refractivity (Wildman–Crippen MR) is 83.7 cm³/mol. The second kappa shape index (κ2) is 4.79. The van der Waals surface area contributed by atoms with Gasteiger partial charge in [0.1, 0.15) is 0 Å². The van der Waals surface area contributed by atoms with Crippen molar-refractivity contribution < 1.29 is 0 Å². The lowest BCUT2D eigenvalue weighted by Crippen LogP contribution is -2.16. The predicted octanol–water partition coefficient (Wildman–Crippen LogP) is 4.34. The molecule has 0 amide bonds. The molecule has 0 aliphatic carbocycles. The number of nitrogens with two attached hydrogens (primary N) is 1. The Morgan fingerprint density at radius 3 is 2.39 bits per heavy atom. The topological polar surface area (TPSA) is 50.9 Å². The maximum absolute atomic E-state index is 5.62. The summed E-state index contributed by atoms with van der Waals surface area (Å²) in [5.41, 5.74) is 5.54. The van der Waals surface area contributed by atoms with Crippen LogP contribution in [0.5, 0.6) is 0 Å². The minimum atomic E-state index is -0.0215. The SMILES string of the molecule is CC(C)(C)c1cc(NN)c2cc(Br)cc(Br)c2n1. The minimum absolute atomic E-state index is 0.0215. The second-order valence-electron chi connectivity index (χ2n) is 5.23. The maximum atomic E-state index is 5.62. The Balaban J connectivity index is 2.84. The summed E-state index contributed by atoms with van der Waals surface area (Å²) in [6, 6.07) is 6.00. The molecule has 96 valence electrons. The van der Waals surface area contributed by atoms with Crippen LogP contribution in [0.2, 0.25) is 0 Å². The van der Waals surface area contributed by atoms with Gasteiger partial charge in [0.15, 0.2) is 0 Å². The number of halogens is 2. The molecular formula is C13H15Br2N3. The number of anilines is 1. The Labute approximate surface area is 123 Å². The molecule has 1 heterocycles. The van der Waals surface area contributed by atoms with Gasteiger partial charge >= 0.3 is 0 Å². The van der Waals surface area contributed by atoms with Crippen LogP contribution in [0.15, 0.2) is 27.1 Å². The van der Waals surface area contributed by atoms with Gasteiger partial charge in [-0.2, -0.15) is 0 Å². The lowest BCUT2D eigenvalue weighted by Gasteiger charge is -2.20. The molecule has 3 nitrogen and oxygen atoms in total. The standard InChI is InChI=1S/C13H15Br2N3/c1-13(2,3)11-6-10(18-16)8-4-7(14)5-9(15)12(8)17-11/h4-6H,16H2,1-3H3,(H,17,18). The third-order valence-electron chi connectivity index (χ3n) is 2.76. The van der Waals surface area contributed by atoms with Crippen LogP contribution in [0.4, 0.5) is 5.69 Å². The van der Waals surface area contributed by atoms with Crippen LogP contribution in [-0.4, -0.2) is 4.98 Å². The molecule has 0 fully saturated rings. The maximum Gasteiger partial charge on any atom is 0.0869 e. The average Bonchev–Trinajstić information content (AvgIpc) is 2.26. The van der Waals surface area contributed by atoms with Gasteiger partial charge in [-0.05, 0) is 34.1 Å². The number of fused-ring (bicyclic) bond motifs is 1. The fourth-order valence-corrected chi connectivity index (χ4v) is 3.07. The molecule has 0 spiro atoms. The van der Waals surface area contributed by atoms with Gasteiger partial charge in [-0.1, -0.05) is 36.7 Å². The number of benzene rings is 1. The first-order chi connectivity index (χ1) is 8.32. The van der Waals surface area contributed by atoms with Crippen LogP contribution in [0.3, 0.4) is 0 Å². The number of nitrogen functional groups attached to an aromatic ring is 1. The van der Waals surface area contributed by atoms with E-state index in [2.05, 4.69) is 58.1 Å². The highest BCUT2D eigenvalue weighted by atomic mass is 79.9. The van der Waals surface area contributed by atoms with Crippen molar-refractivity contribution in [2.45, 2.75) is 26.2 Å². The first-order valence-electron chi connectivity index (χ1n) is 5.60. The molecule has 3 N–H and O–H groups in total. The zero-order valence-electron chi connectivity index (χ0n) is 10.5. The summed E-state index contributed by atoms with van der Waals surface area (Å²) < 4.78 is 1.94. The molecule has 1 aromatic heterocycles. The Hall–Kier alpha value is -0.650. The van der Waals surface area contributed by atoms with Gasteiger partial charge in [0.05, 0.1) is 11.2 Å². The molecule has 0 aliphatic rings. The highest BCUT2D eigenvalue weighted by Gasteiger charge is 2.18. The van der Waals surface area contributed by atoms with Gasteiger partial charge < -0.3 is 5.43 Å². The molecule has 0 saturated heterocycles. The summed E-state index contributed by atoms with van der Waals surface area (Å²) in [5, 5.41) is 0.992. The summed E-state index contributed by atoms with van der Waals surface area (Å²) in [6.07, 6.45) is 0. The fourth-order valence-electron chi connectivity index (χ4n) is 1.76. The van der Waals surface area contributed by atoms with Crippen molar-refractivity contribution in [3.8, 4) is 0 Å². The smallest absolute Gasteiger partial charge is 0.0869 e. The van der Waals surface area contributed by atoms with E-state index < -0.39 is 0 Å². The van der Waals surface area contributed by atoms with Crippen LogP contribution >= 0.6 is 31.9 Å². The summed E-state index contributed by atoms with van der Waals surface area (Å²) in [7, 11) is 0. The van der Waals surface area contributed by atoms with Crippen molar-refractivity contribution in [3.63, 3.8) is 0 Å². The Morgan fingerprint density at radius 1 is 1.17 bits per heavy atom. The Kier molecular flexibility index (Phi) is 3.67. The van der Waals surface area contributed by atoms with E-state index in [0.717, 1.165) is 31.2 Å². The zero-order valence-corrected chi connectivity index (χ0v) is 13.7. The number of hydrazine groups is 1. The van der Waals surface area contributed by atoms with Crippen molar-refractivity contribution in [1.29, 1.82) is 0 Å². The summed E-state index contributed by atoms with van der Waals surface area (Å²) >= 11 is 7.03. The van der Waals surface area contributed by atoms with Crippen LogP contribution in [0.25, 0.3) is 10.9 Å². The molecule has 0 bridgehead atoms. The van der Waals surface area contributed by atoms with Crippen LogP contribution in [0.1, 0.15) is 26.5 Å². The van der Waals surface area contributed by atoms with Crippen LogP contribution in [0, 0.1) is 0 Å². The third kappa shape index (κ3) is 2.53. The quantitative estimate of drug-likeness (QED) is 0.578. The van der Waals surface area contributed by atoms with Crippen molar-refractivity contribution >= 4 is 48.5 Å². The van der Waals surface area contributed by atoms with Crippen LogP contribution < -0.4 is 11.3 Å². The van der Waals surface area contributed by atoms with E-state index in [9.17, 15) is 0 Å². The number of aromatic nitrogens is 1. The van der Waals surface area contributed by atoms with Crippen LogP contribution in [-0.2, 0) is 5.41 Å². The van der Waals surface area contributed by atoms with E-state index in [1.54, 1.807) is 0 Å². The van der Waals surface area contributed by atoms with E-state index in [1.807, 2.05) is 18.2 Å². The summed E-state index contributed by atoms with van der Waals surface area (Å²) in [6.45, 7) is 6.40. The van der Waals surface area contributed by atoms with Gasteiger partial charge in [-0.3, -0.25) is 10.8 Å². The van der Waals surface area contributed by atoms with Crippen molar-refractivity contribution in [2.75, 3.05) is 5.43 Å². The third-order valence-corrected chi connectivity index (χ3v) is 3.82. The highest BCUT2D eigenvalue weighted by Crippen LogP contribution is 2.34. The van der Waals surface area contributed by atoms with Crippen molar-refractivity contribution in [2.24, 2.45) is 5.84 Å². The number of nitrogens with one attached hydrogen (secondary N) is 1. The summed E-state index contributed by atoms with van der Waals surface area (Å²) in [5.74, 6) is 5.62. The Bertz CT molecular complexity index is 603. The summed E-state index contributed by atoms with van der Waals surface area (Å²) in [4.78, 5) is 4.73. The lowest BCUT2D eigenvalue weighted by molar-refractivity contribution is 0.571.